The van der Waals surface area contributed by atoms with E-state index < -0.39 is 0 Å². The number of nitrogens with one attached hydrogen (secondary N) is 1. The van der Waals surface area contributed by atoms with E-state index in [0.29, 0.717) is 12.1 Å². The zero-order valence-corrected chi connectivity index (χ0v) is 14.0. The summed E-state index contributed by atoms with van der Waals surface area (Å²) >= 11 is 0. The van der Waals surface area contributed by atoms with E-state index in [1.54, 1.807) is 0 Å². The minimum absolute atomic E-state index is 0.257. The van der Waals surface area contributed by atoms with Crippen LogP contribution in [0.1, 0.15) is 58.7 Å². The number of hydrogen-bond acceptors (Lipinski definition) is 3. The molecule has 1 saturated heterocycles. The van der Waals surface area contributed by atoms with Crippen LogP contribution in [0.5, 0.6) is 0 Å². The second-order valence-electron chi connectivity index (χ2n) is 7.44. The van der Waals surface area contributed by atoms with Crippen LogP contribution in [0.3, 0.4) is 0 Å². The number of piperazine rings is 1. The van der Waals surface area contributed by atoms with Gasteiger partial charge in [0.15, 0.2) is 0 Å². The lowest BCUT2D eigenvalue weighted by molar-refractivity contribution is 0.0357. The summed E-state index contributed by atoms with van der Waals surface area (Å²) in [5.74, 6) is 0.919. The molecule has 118 valence electrons. The van der Waals surface area contributed by atoms with Crippen LogP contribution in [0.4, 0.5) is 0 Å². The second kappa shape index (κ2) is 5.73. The summed E-state index contributed by atoms with van der Waals surface area (Å²) in [6.45, 7) is 12.3. The van der Waals surface area contributed by atoms with Crippen molar-refractivity contribution in [2.24, 2.45) is 5.92 Å². The van der Waals surface area contributed by atoms with E-state index in [9.17, 15) is 0 Å². The SMILES string of the molecule is CCC1(C)CNC(C2CC2)CN1Cc1ccn(C(C)C)n1. The maximum atomic E-state index is 4.74. The first-order chi connectivity index (χ1) is 10.0. The summed E-state index contributed by atoms with van der Waals surface area (Å²) in [5.41, 5.74) is 1.47. The fourth-order valence-corrected chi connectivity index (χ4v) is 3.35. The fraction of sp³-hybridized carbons (Fsp3) is 0.824. The number of rotatable bonds is 5. The van der Waals surface area contributed by atoms with E-state index in [-0.39, 0.29) is 5.54 Å². The minimum Gasteiger partial charge on any atom is -0.311 e. The highest BCUT2D eigenvalue weighted by atomic mass is 15.3. The molecular formula is C17H30N4. The van der Waals surface area contributed by atoms with Gasteiger partial charge in [-0.3, -0.25) is 9.58 Å². The highest BCUT2D eigenvalue weighted by Crippen LogP contribution is 2.36. The molecule has 1 aliphatic heterocycles. The van der Waals surface area contributed by atoms with Crippen molar-refractivity contribution < 1.29 is 0 Å². The predicted molar refractivity (Wildman–Crippen MR) is 86.2 cm³/mol. The van der Waals surface area contributed by atoms with Gasteiger partial charge < -0.3 is 5.32 Å². The van der Waals surface area contributed by atoms with Gasteiger partial charge in [-0.25, -0.2) is 0 Å². The zero-order chi connectivity index (χ0) is 15.0. The Morgan fingerprint density at radius 1 is 1.43 bits per heavy atom. The Bertz CT molecular complexity index is 477. The fourth-order valence-electron chi connectivity index (χ4n) is 3.35. The Kier molecular flexibility index (Phi) is 4.10. The van der Waals surface area contributed by atoms with Crippen molar-refractivity contribution in [3.63, 3.8) is 0 Å². The third-order valence-corrected chi connectivity index (χ3v) is 5.42. The first kappa shape index (κ1) is 15.0. The van der Waals surface area contributed by atoms with E-state index in [0.717, 1.165) is 19.0 Å². The second-order valence-corrected chi connectivity index (χ2v) is 7.44. The lowest BCUT2D eigenvalue weighted by Gasteiger charge is -2.48. The summed E-state index contributed by atoms with van der Waals surface area (Å²) in [7, 11) is 0. The molecule has 1 N–H and O–H groups in total. The molecule has 2 unspecified atom stereocenters. The van der Waals surface area contributed by atoms with Crippen molar-refractivity contribution in [3.05, 3.63) is 18.0 Å². The lowest BCUT2D eigenvalue weighted by atomic mass is 9.91. The molecule has 0 spiro atoms. The van der Waals surface area contributed by atoms with Gasteiger partial charge in [0.1, 0.15) is 0 Å². The topological polar surface area (TPSA) is 33.1 Å². The van der Waals surface area contributed by atoms with Gasteiger partial charge in [-0.15, -0.1) is 0 Å². The Hall–Kier alpha value is -0.870. The van der Waals surface area contributed by atoms with Gasteiger partial charge in [0.25, 0.3) is 0 Å². The van der Waals surface area contributed by atoms with Gasteiger partial charge in [-0.1, -0.05) is 6.92 Å². The molecule has 2 atom stereocenters. The van der Waals surface area contributed by atoms with Gasteiger partial charge in [-0.2, -0.15) is 5.10 Å². The van der Waals surface area contributed by atoms with Crippen molar-refractivity contribution in [1.82, 2.24) is 20.0 Å². The highest BCUT2D eigenvalue weighted by molar-refractivity contribution is 5.05. The molecule has 1 saturated carbocycles. The summed E-state index contributed by atoms with van der Waals surface area (Å²) < 4.78 is 2.07. The molecule has 0 amide bonds. The molecule has 1 aromatic rings. The standard InChI is InChI=1S/C17H30N4/c1-5-17(4)12-18-16(14-6-7-14)11-20(17)10-15-8-9-21(19-15)13(2)3/h8-9,13-14,16,18H,5-7,10-12H2,1-4H3. The van der Waals surface area contributed by atoms with Crippen molar-refractivity contribution in [2.75, 3.05) is 13.1 Å². The van der Waals surface area contributed by atoms with Crippen molar-refractivity contribution in [3.8, 4) is 0 Å². The van der Waals surface area contributed by atoms with Crippen LogP contribution in [0.2, 0.25) is 0 Å². The van der Waals surface area contributed by atoms with Crippen molar-refractivity contribution >= 4 is 0 Å². The maximum Gasteiger partial charge on any atom is 0.0765 e. The van der Waals surface area contributed by atoms with Crippen LogP contribution in [0, 0.1) is 5.92 Å². The zero-order valence-electron chi connectivity index (χ0n) is 14.0. The average molecular weight is 290 g/mol. The van der Waals surface area contributed by atoms with Crippen molar-refractivity contribution in [1.29, 1.82) is 0 Å². The summed E-state index contributed by atoms with van der Waals surface area (Å²) in [6, 6.07) is 3.32. The Morgan fingerprint density at radius 3 is 2.76 bits per heavy atom. The molecule has 0 bridgehead atoms. The van der Waals surface area contributed by atoms with Gasteiger partial charge in [0, 0.05) is 43.5 Å². The molecule has 4 nitrogen and oxygen atoms in total. The van der Waals surface area contributed by atoms with Crippen LogP contribution in [-0.4, -0.2) is 39.4 Å². The van der Waals surface area contributed by atoms with Gasteiger partial charge >= 0.3 is 0 Å². The molecule has 2 aliphatic rings. The quantitative estimate of drug-likeness (QED) is 0.905. The molecular weight excluding hydrogens is 260 g/mol. The molecule has 1 aromatic heterocycles. The van der Waals surface area contributed by atoms with E-state index in [4.69, 9.17) is 5.10 Å². The maximum absolute atomic E-state index is 4.74. The van der Waals surface area contributed by atoms with Crippen LogP contribution in [0.15, 0.2) is 12.3 Å². The molecule has 2 heterocycles. The van der Waals surface area contributed by atoms with Crippen molar-refractivity contribution in [2.45, 2.75) is 71.1 Å². The van der Waals surface area contributed by atoms with E-state index in [1.807, 2.05) is 0 Å². The smallest absolute Gasteiger partial charge is 0.0765 e. The monoisotopic (exact) mass is 290 g/mol. The van der Waals surface area contributed by atoms with Gasteiger partial charge in [0.05, 0.1) is 5.69 Å². The normalized spacial score (nSPS) is 31.0. The minimum atomic E-state index is 0.257. The summed E-state index contributed by atoms with van der Waals surface area (Å²) in [4.78, 5) is 2.67. The van der Waals surface area contributed by atoms with E-state index in [1.165, 1.54) is 31.5 Å². The van der Waals surface area contributed by atoms with Crippen LogP contribution in [-0.2, 0) is 6.54 Å². The Balaban J connectivity index is 1.71. The average Bonchev–Trinajstić information content (AvgIpc) is 3.20. The first-order valence-electron chi connectivity index (χ1n) is 8.54. The molecule has 4 heteroatoms. The van der Waals surface area contributed by atoms with Crippen LogP contribution < -0.4 is 5.32 Å². The summed E-state index contributed by atoms with van der Waals surface area (Å²) in [6.07, 6.45) is 6.12. The molecule has 1 aliphatic carbocycles. The third-order valence-electron chi connectivity index (χ3n) is 5.42. The van der Waals surface area contributed by atoms with Gasteiger partial charge in [-0.05, 0) is 52.0 Å². The lowest BCUT2D eigenvalue weighted by Crippen LogP contribution is -2.63. The molecule has 21 heavy (non-hydrogen) atoms. The van der Waals surface area contributed by atoms with Crippen LogP contribution >= 0.6 is 0 Å². The molecule has 0 aromatic carbocycles. The molecule has 0 radical (unpaired) electrons. The first-order valence-corrected chi connectivity index (χ1v) is 8.54. The van der Waals surface area contributed by atoms with Crippen LogP contribution in [0.25, 0.3) is 0 Å². The number of hydrogen-bond donors (Lipinski definition) is 1. The number of nitrogens with zero attached hydrogens (tertiary/aromatic N) is 3. The summed E-state index contributed by atoms with van der Waals surface area (Å²) in [5, 5.41) is 8.54. The molecule has 2 fully saturated rings. The van der Waals surface area contributed by atoms with Gasteiger partial charge in [0.2, 0.25) is 0 Å². The van der Waals surface area contributed by atoms with E-state index >= 15 is 0 Å². The van der Waals surface area contributed by atoms with E-state index in [2.05, 4.69) is 54.9 Å². The third kappa shape index (κ3) is 3.16. The molecule has 3 rings (SSSR count). The highest BCUT2D eigenvalue weighted by Gasteiger charge is 2.41. The Morgan fingerprint density at radius 2 is 2.19 bits per heavy atom. The predicted octanol–water partition coefficient (Wildman–Crippen LogP) is 2.82. The largest absolute Gasteiger partial charge is 0.311 e. The Labute approximate surface area is 128 Å². The number of aromatic nitrogens is 2.